The minimum Gasteiger partial charge on any atom is -0.497 e. The van der Waals surface area contributed by atoms with Crippen LogP contribution < -0.4 is 4.74 Å². The summed E-state index contributed by atoms with van der Waals surface area (Å²) < 4.78 is 17.1. The lowest BCUT2D eigenvalue weighted by atomic mass is 9.95. The summed E-state index contributed by atoms with van der Waals surface area (Å²) in [4.78, 5) is 18.1. The van der Waals surface area contributed by atoms with Crippen LogP contribution in [0.15, 0.2) is 54.6 Å². The number of ether oxygens (including phenoxy) is 3. The van der Waals surface area contributed by atoms with Crippen LogP contribution >= 0.6 is 0 Å². The lowest BCUT2D eigenvalue weighted by molar-refractivity contribution is -0.166. The Morgan fingerprint density at radius 1 is 1.00 bits per heavy atom. The van der Waals surface area contributed by atoms with Crippen molar-refractivity contribution >= 4 is 5.97 Å². The molecule has 3 atom stereocenters. The van der Waals surface area contributed by atoms with Crippen molar-refractivity contribution in [3.8, 4) is 5.75 Å². The molecule has 0 aromatic heterocycles. The molecule has 0 N–H and O–H groups in total. The van der Waals surface area contributed by atoms with E-state index in [2.05, 4.69) is 16.8 Å². The zero-order chi connectivity index (χ0) is 21.1. The second-order valence-electron chi connectivity index (χ2n) is 8.14. The summed E-state index contributed by atoms with van der Waals surface area (Å²) >= 11 is 0. The first-order chi connectivity index (χ1) is 14.6. The molecule has 2 fully saturated rings. The summed E-state index contributed by atoms with van der Waals surface area (Å²) in [6.07, 6.45) is 0.0433. The minimum absolute atomic E-state index is 0.178. The molecule has 6 heteroatoms. The van der Waals surface area contributed by atoms with Crippen LogP contribution in [0.4, 0.5) is 0 Å². The molecule has 1 aliphatic heterocycles. The van der Waals surface area contributed by atoms with Crippen LogP contribution in [0.25, 0.3) is 0 Å². The molecule has 160 valence electrons. The molecule has 2 aliphatic rings. The first kappa shape index (κ1) is 20.8. The van der Waals surface area contributed by atoms with Gasteiger partial charge in [0.25, 0.3) is 0 Å². The molecule has 0 amide bonds. The van der Waals surface area contributed by atoms with E-state index in [1.54, 1.807) is 14.2 Å². The first-order valence-electron chi connectivity index (χ1n) is 10.4. The average molecular weight is 411 g/mol. The van der Waals surface area contributed by atoms with Gasteiger partial charge in [-0.25, -0.2) is 0 Å². The van der Waals surface area contributed by atoms with Crippen molar-refractivity contribution in [2.24, 2.45) is 0 Å². The maximum absolute atomic E-state index is 13.6. The van der Waals surface area contributed by atoms with Crippen LogP contribution in [0.1, 0.15) is 23.8 Å². The quantitative estimate of drug-likeness (QED) is 0.655. The van der Waals surface area contributed by atoms with Crippen LogP contribution in [0.5, 0.6) is 5.75 Å². The normalized spacial score (nSPS) is 25.5. The predicted molar refractivity (Wildman–Crippen MR) is 114 cm³/mol. The van der Waals surface area contributed by atoms with E-state index in [1.165, 1.54) is 0 Å². The van der Waals surface area contributed by atoms with Crippen LogP contribution in [0, 0.1) is 0 Å². The SMILES string of the molecule is COc1ccc(C2(C(=O)OC(c3ccccc3)N3CCN(C)CC3)CC2OC)cc1. The van der Waals surface area contributed by atoms with Crippen molar-refractivity contribution < 1.29 is 19.0 Å². The fourth-order valence-corrected chi connectivity index (χ4v) is 4.28. The van der Waals surface area contributed by atoms with Crippen molar-refractivity contribution in [2.75, 3.05) is 47.4 Å². The van der Waals surface area contributed by atoms with E-state index in [0.717, 1.165) is 43.1 Å². The van der Waals surface area contributed by atoms with Crippen LogP contribution in [-0.2, 0) is 19.7 Å². The van der Waals surface area contributed by atoms with E-state index in [4.69, 9.17) is 14.2 Å². The Morgan fingerprint density at radius 3 is 2.23 bits per heavy atom. The lowest BCUT2D eigenvalue weighted by Gasteiger charge is -2.38. The Kier molecular flexibility index (Phi) is 6.09. The largest absolute Gasteiger partial charge is 0.497 e. The third-order valence-electron chi connectivity index (χ3n) is 6.32. The number of benzene rings is 2. The molecule has 1 saturated heterocycles. The number of hydrogen-bond acceptors (Lipinski definition) is 6. The molecule has 2 aromatic carbocycles. The van der Waals surface area contributed by atoms with Crippen molar-refractivity contribution in [2.45, 2.75) is 24.2 Å². The Hall–Kier alpha value is -2.41. The molecule has 0 bridgehead atoms. The summed E-state index contributed by atoms with van der Waals surface area (Å²) in [5, 5.41) is 0. The van der Waals surface area contributed by atoms with Crippen LogP contribution in [-0.4, -0.2) is 69.3 Å². The van der Waals surface area contributed by atoms with Gasteiger partial charge in [0.2, 0.25) is 0 Å². The van der Waals surface area contributed by atoms with E-state index in [0.29, 0.717) is 6.42 Å². The summed E-state index contributed by atoms with van der Waals surface area (Å²) in [7, 11) is 5.40. The summed E-state index contributed by atoms with van der Waals surface area (Å²) in [5.74, 6) is 0.531. The van der Waals surface area contributed by atoms with Gasteiger partial charge in [0, 0.05) is 38.9 Å². The highest BCUT2D eigenvalue weighted by Crippen LogP contribution is 2.52. The number of carbonyl (C=O) groups excluding carboxylic acids is 1. The van der Waals surface area contributed by atoms with Gasteiger partial charge < -0.3 is 19.1 Å². The molecule has 30 heavy (non-hydrogen) atoms. The van der Waals surface area contributed by atoms with Gasteiger partial charge in [-0.2, -0.15) is 0 Å². The zero-order valence-electron chi connectivity index (χ0n) is 17.9. The van der Waals surface area contributed by atoms with Crippen LogP contribution in [0.3, 0.4) is 0 Å². The highest BCUT2D eigenvalue weighted by atomic mass is 16.6. The van der Waals surface area contributed by atoms with E-state index < -0.39 is 11.6 Å². The second-order valence-corrected chi connectivity index (χ2v) is 8.14. The highest BCUT2D eigenvalue weighted by Gasteiger charge is 2.64. The van der Waals surface area contributed by atoms with Crippen molar-refractivity contribution in [3.05, 3.63) is 65.7 Å². The fourth-order valence-electron chi connectivity index (χ4n) is 4.28. The van der Waals surface area contributed by atoms with E-state index in [-0.39, 0.29) is 12.1 Å². The summed E-state index contributed by atoms with van der Waals surface area (Å²) in [5.41, 5.74) is 1.14. The number of carbonyl (C=O) groups is 1. The Bertz CT molecular complexity index is 849. The predicted octanol–water partition coefficient (Wildman–Crippen LogP) is 2.84. The van der Waals surface area contributed by atoms with Gasteiger partial charge in [0.15, 0.2) is 6.23 Å². The van der Waals surface area contributed by atoms with Gasteiger partial charge >= 0.3 is 5.97 Å². The van der Waals surface area contributed by atoms with Gasteiger partial charge in [-0.15, -0.1) is 0 Å². The summed E-state index contributed by atoms with van der Waals surface area (Å²) in [6, 6.07) is 17.6. The van der Waals surface area contributed by atoms with E-state index in [1.807, 2.05) is 54.6 Å². The van der Waals surface area contributed by atoms with Crippen molar-refractivity contribution in [3.63, 3.8) is 0 Å². The Morgan fingerprint density at radius 2 is 1.67 bits per heavy atom. The van der Waals surface area contributed by atoms with Crippen molar-refractivity contribution in [1.82, 2.24) is 9.80 Å². The Balaban J connectivity index is 1.60. The van der Waals surface area contributed by atoms with Gasteiger partial charge in [0.1, 0.15) is 11.2 Å². The van der Waals surface area contributed by atoms with E-state index >= 15 is 0 Å². The number of likely N-dealkylation sites (N-methyl/N-ethyl adjacent to an activating group) is 1. The smallest absolute Gasteiger partial charge is 0.321 e. The maximum Gasteiger partial charge on any atom is 0.321 e. The number of hydrogen-bond donors (Lipinski definition) is 0. The first-order valence-corrected chi connectivity index (χ1v) is 10.4. The highest BCUT2D eigenvalue weighted by molar-refractivity contribution is 5.88. The molecule has 1 aliphatic carbocycles. The second kappa shape index (κ2) is 8.76. The molecular weight excluding hydrogens is 380 g/mol. The van der Waals surface area contributed by atoms with Gasteiger partial charge in [-0.1, -0.05) is 42.5 Å². The molecule has 3 unspecified atom stereocenters. The average Bonchev–Trinajstić information content (AvgIpc) is 3.55. The number of piperazine rings is 1. The molecule has 2 aromatic rings. The molecule has 6 nitrogen and oxygen atoms in total. The monoisotopic (exact) mass is 410 g/mol. The maximum atomic E-state index is 13.6. The Labute approximate surface area is 178 Å². The minimum atomic E-state index is -0.763. The van der Waals surface area contributed by atoms with E-state index in [9.17, 15) is 4.79 Å². The van der Waals surface area contributed by atoms with Gasteiger partial charge in [-0.05, 0) is 31.2 Å². The molecule has 1 saturated carbocycles. The van der Waals surface area contributed by atoms with Crippen LogP contribution in [0.2, 0.25) is 0 Å². The number of esters is 1. The third kappa shape index (κ3) is 3.95. The standard InChI is InChI=1S/C24H30N2O4/c1-25-13-15-26(16-14-25)22(18-7-5-4-6-8-18)30-23(27)24(17-21(24)29-3)19-9-11-20(28-2)12-10-19/h4-12,21-22H,13-17H2,1-3H3. The zero-order valence-corrected chi connectivity index (χ0v) is 17.9. The number of nitrogens with zero attached hydrogens (tertiary/aromatic N) is 2. The molecule has 0 spiro atoms. The molecular formula is C24H30N2O4. The summed E-state index contributed by atoms with van der Waals surface area (Å²) in [6.45, 7) is 3.61. The fraction of sp³-hybridized carbons (Fsp3) is 0.458. The molecule has 1 heterocycles. The van der Waals surface area contributed by atoms with Gasteiger partial charge in [0.05, 0.1) is 13.2 Å². The topological polar surface area (TPSA) is 51.2 Å². The van der Waals surface area contributed by atoms with Crippen molar-refractivity contribution in [1.29, 1.82) is 0 Å². The molecule has 4 rings (SSSR count). The number of rotatable bonds is 7. The third-order valence-corrected chi connectivity index (χ3v) is 6.32. The molecule has 0 radical (unpaired) electrons. The lowest BCUT2D eigenvalue weighted by Crippen LogP contribution is -2.47. The van der Waals surface area contributed by atoms with Gasteiger partial charge in [-0.3, -0.25) is 9.69 Å². The number of methoxy groups -OCH3 is 2.